The Labute approximate surface area is 136 Å². The van der Waals surface area contributed by atoms with E-state index >= 15 is 0 Å². The third-order valence-corrected chi connectivity index (χ3v) is 6.92. The minimum atomic E-state index is -0.943. The van der Waals surface area contributed by atoms with E-state index in [4.69, 9.17) is 4.74 Å². The van der Waals surface area contributed by atoms with Crippen molar-refractivity contribution in [2.24, 2.45) is 11.3 Å². The number of aliphatic hydroxyl groups is 1. The lowest BCUT2D eigenvalue weighted by atomic mass is 9.54. The summed E-state index contributed by atoms with van der Waals surface area (Å²) in [5.41, 5.74) is 2.19. The first-order chi connectivity index (χ1) is 10.9. The van der Waals surface area contributed by atoms with Crippen LogP contribution in [-0.2, 0) is 10.2 Å². The number of rotatable bonds is 2. The Morgan fingerprint density at radius 2 is 2.09 bits per heavy atom. The van der Waals surface area contributed by atoms with Crippen molar-refractivity contribution in [1.82, 2.24) is 0 Å². The molecule has 4 heteroatoms. The average Bonchev–Trinajstić information content (AvgIpc) is 2.83. The molecule has 2 bridgehead atoms. The smallest absolute Gasteiger partial charge is 0.336 e. The number of fused-ring (bicyclic) bond motifs is 2. The van der Waals surface area contributed by atoms with Crippen molar-refractivity contribution in [1.29, 1.82) is 0 Å². The van der Waals surface area contributed by atoms with Gasteiger partial charge in [-0.1, -0.05) is 19.1 Å². The number of methoxy groups -OCH3 is 1. The number of carboxylic acids is 1. The van der Waals surface area contributed by atoms with Gasteiger partial charge in [0, 0.05) is 7.11 Å². The van der Waals surface area contributed by atoms with E-state index in [0.717, 1.165) is 31.2 Å². The largest absolute Gasteiger partial charge is 0.478 e. The van der Waals surface area contributed by atoms with Gasteiger partial charge in [0.1, 0.15) is 0 Å². The van der Waals surface area contributed by atoms with Crippen LogP contribution in [0, 0.1) is 11.3 Å². The molecule has 1 aromatic carbocycles. The van der Waals surface area contributed by atoms with Crippen LogP contribution in [0.4, 0.5) is 0 Å². The van der Waals surface area contributed by atoms with Crippen LogP contribution in [0.15, 0.2) is 18.2 Å². The first kappa shape index (κ1) is 15.2. The molecule has 0 radical (unpaired) electrons. The summed E-state index contributed by atoms with van der Waals surface area (Å²) in [7, 11) is 1.79. The van der Waals surface area contributed by atoms with Gasteiger partial charge in [0.25, 0.3) is 0 Å². The summed E-state index contributed by atoms with van der Waals surface area (Å²) in [5, 5.41) is 20.2. The van der Waals surface area contributed by atoms with E-state index in [1.54, 1.807) is 13.2 Å². The lowest BCUT2D eigenvalue weighted by molar-refractivity contribution is -0.0632. The van der Waals surface area contributed by atoms with E-state index in [1.165, 1.54) is 0 Å². The van der Waals surface area contributed by atoms with Gasteiger partial charge in [-0.15, -0.1) is 0 Å². The molecule has 0 amide bonds. The zero-order chi connectivity index (χ0) is 16.4. The van der Waals surface area contributed by atoms with Gasteiger partial charge in [0.2, 0.25) is 0 Å². The van der Waals surface area contributed by atoms with Crippen LogP contribution >= 0.6 is 0 Å². The molecule has 0 saturated heterocycles. The van der Waals surface area contributed by atoms with Crippen LogP contribution in [0.25, 0.3) is 0 Å². The quantitative estimate of drug-likeness (QED) is 0.878. The minimum Gasteiger partial charge on any atom is -0.478 e. The zero-order valence-corrected chi connectivity index (χ0v) is 13.7. The molecule has 124 valence electrons. The first-order valence-electron chi connectivity index (χ1n) is 8.49. The topological polar surface area (TPSA) is 66.8 Å². The van der Waals surface area contributed by atoms with Crippen LogP contribution in [0.3, 0.4) is 0 Å². The molecular formula is C19H24O4. The number of hydrogen-bond donors (Lipinski definition) is 2. The molecule has 4 rings (SSSR count). The maximum absolute atomic E-state index is 11.6. The summed E-state index contributed by atoms with van der Waals surface area (Å²) in [6, 6.07) is 5.51. The molecule has 3 aliphatic rings. The van der Waals surface area contributed by atoms with E-state index in [9.17, 15) is 15.0 Å². The lowest BCUT2D eigenvalue weighted by Crippen LogP contribution is -2.49. The Morgan fingerprint density at radius 3 is 2.78 bits per heavy atom. The zero-order valence-electron chi connectivity index (χ0n) is 13.7. The number of aliphatic hydroxyl groups excluding tert-OH is 1. The summed E-state index contributed by atoms with van der Waals surface area (Å²) in [6.45, 7) is 2.30. The molecule has 0 aliphatic heterocycles. The van der Waals surface area contributed by atoms with Crippen molar-refractivity contribution in [3.63, 3.8) is 0 Å². The summed E-state index contributed by atoms with van der Waals surface area (Å²) in [6.07, 6.45) is 4.36. The summed E-state index contributed by atoms with van der Waals surface area (Å²) in [5.74, 6) is -0.573. The first-order valence-corrected chi connectivity index (χ1v) is 8.49. The van der Waals surface area contributed by atoms with Crippen LogP contribution in [0.5, 0.6) is 0 Å². The summed E-state index contributed by atoms with van der Waals surface area (Å²) in [4.78, 5) is 11.6. The molecule has 2 saturated carbocycles. The molecule has 0 unspecified atom stereocenters. The molecule has 0 aromatic heterocycles. The van der Waals surface area contributed by atoms with Crippen molar-refractivity contribution in [2.45, 2.75) is 56.7 Å². The Morgan fingerprint density at radius 1 is 1.30 bits per heavy atom. The third kappa shape index (κ3) is 1.88. The summed E-state index contributed by atoms with van der Waals surface area (Å²) >= 11 is 0. The number of ether oxygens (including phenoxy) is 1. The lowest BCUT2D eigenvalue weighted by Gasteiger charge is -2.52. The normalized spacial score (nSPS) is 41.3. The fourth-order valence-corrected chi connectivity index (χ4v) is 5.88. The van der Waals surface area contributed by atoms with Gasteiger partial charge in [0.05, 0.1) is 17.8 Å². The van der Waals surface area contributed by atoms with Crippen molar-refractivity contribution in [3.05, 3.63) is 34.9 Å². The van der Waals surface area contributed by atoms with E-state index in [1.807, 2.05) is 6.07 Å². The second-order valence-electron chi connectivity index (χ2n) is 7.97. The van der Waals surface area contributed by atoms with Gasteiger partial charge in [0.15, 0.2) is 0 Å². The molecule has 2 N–H and O–H groups in total. The highest BCUT2D eigenvalue weighted by Crippen LogP contribution is 2.66. The SMILES string of the molecule is CO[C@H]1C[C@@H]2C[C@H](O)c3c(C(=O)O)cccc3[C@]23CC[C@@]1(C)C3. The van der Waals surface area contributed by atoms with E-state index in [0.29, 0.717) is 17.9 Å². The number of aromatic carboxylic acids is 1. The highest BCUT2D eigenvalue weighted by molar-refractivity contribution is 5.90. The Bertz CT molecular complexity index is 669. The predicted molar refractivity (Wildman–Crippen MR) is 85.5 cm³/mol. The second-order valence-corrected chi connectivity index (χ2v) is 7.97. The number of carboxylic acid groups (broad SMARTS) is 1. The fraction of sp³-hybridized carbons (Fsp3) is 0.632. The summed E-state index contributed by atoms with van der Waals surface area (Å²) < 4.78 is 5.78. The van der Waals surface area contributed by atoms with Crippen molar-refractivity contribution in [3.8, 4) is 0 Å². The van der Waals surface area contributed by atoms with Gasteiger partial charge in [-0.25, -0.2) is 4.79 Å². The molecule has 2 fully saturated rings. The predicted octanol–water partition coefficient (Wildman–Crippen LogP) is 3.28. The molecule has 1 spiro atoms. The van der Waals surface area contributed by atoms with Gasteiger partial charge < -0.3 is 14.9 Å². The maximum Gasteiger partial charge on any atom is 0.336 e. The molecule has 1 aromatic rings. The number of benzene rings is 1. The monoisotopic (exact) mass is 316 g/mol. The van der Waals surface area contributed by atoms with Crippen LogP contribution in [0.2, 0.25) is 0 Å². The minimum absolute atomic E-state index is 0.0177. The third-order valence-electron chi connectivity index (χ3n) is 6.92. The molecule has 4 nitrogen and oxygen atoms in total. The second kappa shape index (κ2) is 4.81. The Kier molecular flexibility index (Phi) is 3.17. The highest BCUT2D eigenvalue weighted by atomic mass is 16.5. The molecular weight excluding hydrogens is 292 g/mol. The van der Waals surface area contributed by atoms with Crippen molar-refractivity contribution >= 4 is 5.97 Å². The average molecular weight is 316 g/mol. The van der Waals surface area contributed by atoms with Crippen LogP contribution < -0.4 is 0 Å². The van der Waals surface area contributed by atoms with E-state index in [2.05, 4.69) is 13.0 Å². The van der Waals surface area contributed by atoms with Gasteiger partial charge >= 0.3 is 5.97 Å². The number of carbonyl (C=O) groups is 1. The molecule has 3 aliphatic carbocycles. The Hall–Kier alpha value is -1.39. The van der Waals surface area contributed by atoms with E-state index in [-0.39, 0.29) is 22.5 Å². The molecule has 0 heterocycles. The van der Waals surface area contributed by atoms with Gasteiger partial charge in [-0.2, -0.15) is 0 Å². The van der Waals surface area contributed by atoms with Gasteiger partial charge in [-0.05, 0) is 66.0 Å². The standard InChI is InChI=1S/C19H24O4/c1-18-6-7-19(10-18)11(9-15(18)23-2)8-14(20)16-12(17(21)22)4-3-5-13(16)19/h3-5,11,14-15,20H,6-10H2,1-2H3,(H,21,22)/t11-,14-,15-,18-,19-/m0/s1. The maximum atomic E-state index is 11.6. The molecule has 23 heavy (non-hydrogen) atoms. The van der Waals surface area contributed by atoms with Crippen molar-refractivity contribution in [2.75, 3.05) is 7.11 Å². The highest BCUT2D eigenvalue weighted by Gasteiger charge is 2.61. The Balaban J connectivity index is 1.89. The van der Waals surface area contributed by atoms with Crippen molar-refractivity contribution < 1.29 is 19.7 Å². The van der Waals surface area contributed by atoms with Crippen LogP contribution in [0.1, 0.15) is 66.6 Å². The number of hydrogen-bond acceptors (Lipinski definition) is 3. The fourth-order valence-electron chi connectivity index (χ4n) is 5.88. The van der Waals surface area contributed by atoms with E-state index < -0.39 is 12.1 Å². The van der Waals surface area contributed by atoms with Gasteiger partial charge in [-0.3, -0.25) is 0 Å². The molecule has 5 atom stereocenters. The van der Waals surface area contributed by atoms with Crippen LogP contribution in [-0.4, -0.2) is 29.4 Å².